The highest BCUT2D eigenvalue weighted by atomic mass is 15.3. The van der Waals surface area contributed by atoms with Crippen molar-refractivity contribution >= 4 is 0 Å². The quantitative estimate of drug-likeness (QED) is 0.840. The van der Waals surface area contributed by atoms with E-state index in [4.69, 9.17) is 0 Å². The molecule has 5 nitrogen and oxygen atoms in total. The zero-order chi connectivity index (χ0) is 15.5. The van der Waals surface area contributed by atoms with Crippen LogP contribution in [0.1, 0.15) is 17.5 Å². The van der Waals surface area contributed by atoms with Gasteiger partial charge in [0, 0.05) is 50.8 Å². The molecule has 118 valence electrons. The fourth-order valence-electron chi connectivity index (χ4n) is 3.50. The van der Waals surface area contributed by atoms with E-state index in [0.29, 0.717) is 12.1 Å². The monoisotopic (exact) mass is 299 g/mol. The van der Waals surface area contributed by atoms with E-state index in [0.717, 1.165) is 19.5 Å². The first-order chi connectivity index (χ1) is 10.6. The molecule has 2 aromatic rings. The van der Waals surface area contributed by atoms with Crippen LogP contribution in [-0.4, -0.2) is 57.3 Å². The van der Waals surface area contributed by atoms with Crippen LogP contribution in [0.4, 0.5) is 0 Å². The van der Waals surface area contributed by atoms with Crippen LogP contribution < -0.4 is 0 Å². The summed E-state index contributed by atoms with van der Waals surface area (Å²) in [7, 11) is 6.37. The molecule has 22 heavy (non-hydrogen) atoms. The molecule has 1 aliphatic heterocycles. The van der Waals surface area contributed by atoms with E-state index in [1.54, 1.807) is 0 Å². The molecule has 3 heterocycles. The number of rotatable bonds is 5. The number of hydrogen-bond donors (Lipinski definition) is 0. The molecule has 1 saturated heterocycles. The zero-order valence-electron chi connectivity index (χ0n) is 13.7. The topological polar surface area (TPSA) is 37.2 Å². The van der Waals surface area contributed by atoms with E-state index < -0.39 is 0 Å². The summed E-state index contributed by atoms with van der Waals surface area (Å²) >= 11 is 0. The third-order valence-electron chi connectivity index (χ3n) is 4.63. The molecule has 0 radical (unpaired) electrons. The predicted octanol–water partition coefficient (Wildman–Crippen LogP) is 1.56. The van der Waals surface area contributed by atoms with Crippen LogP contribution in [-0.2, 0) is 20.0 Å². The fourth-order valence-corrected chi connectivity index (χ4v) is 3.50. The third kappa shape index (κ3) is 3.36. The van der Waals surface area contributed by atoms with Crippen molar-refractivity contribution in [2.45, 2.75) is 31.5 Å². The summed E-state index contributed by atoms with van der Waals surface area (Å²) in [6.45, 7) is 2.15. The minimum Gasteiger partial charge on any atom is -0.305 e. The Hall–Kier alpha value is -1.72. The number of likely N-dealkylation sites (N-methyl/N-ethyl adjacent to an activating group) is 1. The van der Waals surface area contributed by atoms with E-state index in [-0.39, 0.29) is 0 Å². The van der Waals surface area contributed by atoms with Crippen molar-refractivity contribution in [3.8, 4) is 0 Å². The van der Waals surface area contributed by atoms with E-state index in [1.807, 2.05) is 30.3 Å². The predicted molar refractivity (Wildman–Crippen MR) is 87.4 cm³/mol. The van der Waals surface area contributed by atoms with Crippen molar-refractivity contribution in [2.24, 2.45) is 7.05 Å². The first-order valence-corrected chi connectivity index (χ1v) is 7.90. The van der Waals surface area contributed by atoms with Gasteiger partial charge in [-0.25, -0.2) is 0 Å². The second-order valence-electron chi connectivity index (χ2n) is 6.44. The second-order valence-corrected chi connectivity index (χ2v) is 6.44. The van der Waals surface area contributed by atoms with Crippen molar-refractivity contribution in [3.05, 3.63) is 48.0 Å². The molecule has 2 aromatic heterocycles. The van der Waals surface area contributed by atoms with Crippen molar-refractivity contribution in [1.82, 2.24) is 24.6 Å². The average Bonchev–Trinajstić information content (AvgIpc) is 3.08. The van der Waals surface area contributed by atoms with Crippen LogP contribution in [0.3, 0.4) is 0 Å². The van der Waals surface area contributed by atoms with E-state index in [9.17, 15) is 0 Å². The normalized spacial score (nSPS) is 22.5. The maximum atomic E-state index is 4.31. The second kappa shape index (κ2) is 6.58. The van der Waals surface area contributed by atoms with Gasteiger partial charge in [0.05, 0.1) is 6.20 Å². The SMILES string of the molecule is CN(C)[C@@H]1CCN(Cc2ccncc2)[C@H]1Cc1cnn(C)c1. The molecule has 1 aliphatic rings. The molecule has 2 atom stereocenters. The van der Waals surface area contributed by atoms with Gasteiger partial charge in [0.25, 0.3) is 0 Å². The average molecular weight is 299 g/mol. The molecule has 1 fully saturated rings. The number of aryl methyl sites for hydroxylation is 1. The summed E-state index contributed by atoms with van der Waals surface area (Å²) in [6.07, 6.45) is 10.2. The first-order valence-electron chi connectivity index (χ1n) is 7.90. The lowest BCUT2D eigenvalue weighted by Gasteiger charge is -2.31. The largest absolute Gasteiger partial charge is 0.305 e. The van der Waals surface area contributed by atoms with Gasteiger partial charge in [0.15, 0.2) is 0 Å². The fraction of sp³-hybridized carbons (Fsp3) is 0.529. The molecule has 0 N–H and O–H groups in total. The number of hydrogen-bond acceptors (Lipinski definition) is 4. The maximum Gasteiger partial charge on any atom is 0.0522 e. The molecule has 0 bridgehead atoms. The van der Waals surface area contributed by atoms with Crippen molar-refractivity contribution in [3.63, 3.8) is 0 Å². The van der Waals surface area contributed by atoms with Crippen LogP contribution >= 0.6 is 0 Å². The first kappa shape index (κ1) is 15.2. The summed E-state index contributed by atoms with van der Waals surface area (Å²) in [5.41, 5.74) is 2.66. The lowest BCUT2D eigenvalue weighted by molar-refractivity contribution is 0.178. The Morgan fingerprint density at radius 1 is 1.23 bits per heavy atom. The third-order valence-corrected chi connectivity index (χ3v) is 4.63. The molecule has 0 saturated carbocycles. The smallest absolute Gasteiger partial charge is 0.0522 e. The van der Waals surface area contributed by atoms with Gasteiger partial charge in [0.1, 0.15) is 0 Å². The highest BCUT2D eigenvalue weighted by molar-refractivity contribution is 5.13. The summed E-state index contributed by atoms with van der Waals surface area (Å²) in [5, 5.41) is 4.31. The summed E-state index contributed by atoms with van der Waals surface area (Å²) in [5.74, 6) is 0. The molecule has 0 aromatic carbocycles. The van der Waals surface area contributed by atoms with E-state index in [2.05, 4.69) is 52.3 Å². The summed E-state index contributed by atoms with van der Waals surface area (Å²) in [6, 6.07) is 5.36. The molecule has 0 unspecified atom stereocenters. The summed E-state index contributed by atoms with van der Waals surface area (Å²) in [4.78, 5) is 9.09. The standard InChI is InChI=1S/C17H25N5/c1-20(2)16-6-9-22(13-14-4-7-18-8-5-14)17(16)10-15-11-19-21(3)12-15/h4-5,7-8,11-12,16-17H,6,9-10,13H2,1-3H3/t16-,17+/m1/s1. The van der Waals surface area contributed by atoms with Gasteiger partial charge >= 0.3 is 0 Å². The maximum absolute atomic E-state index is 4.31. The molecule has 5 heteroatoms. The Balaban J connectivity index is 1.76. The summed E-state index contributed by atoms with van der Waals surface area (Å²) < 4.78 is 1.89. The van der Waals surface area contributed by atoms with Gasteiger partial charge in [-0.05, 0) is 50.2 Å². The lowest BCUT2D eigenvalue weighted by Crippen LogP contribution is -2.43. The minimum atomic E-state index is 0.535. The van der Waals surface area contributed by atoms with Crippen LogP contribution in [0, 0.1) is 0 Å². The van der Waals surface area contributed by atoms with Gasteiger partial charge in [-0.2, -0.15) is 5.10 Å². The van der Waals surface area contributed by atoms with Crippen molar-refractivity contribution in [1.29, 1.82) is 0 Å². The van der Waals surface area contributed by atoms with Crippen molar-refractivity contribution in [2.75, 3.05) is 20.6 Å². The number of pyridine rings is 1. The molecular formula is C17H25N5. The minimum absolute atomic E-state index is 0.535. The highest BCUT2D eigenvalue weighted by Gasteiger charge is 2.35. The Kier molecular flexibility index (Phi) is 4.55. The molecule has 0 amide bonds. The Morgan fingerprint density at radius 3 is 2.64 bits per heavy atom. The Labute approximate surface area is 132 Å². The van der Waals surface area contributed by atoms with Crippen LogP contribution in [0.2, 0.25) is 0 Å². The van der Waals surface area contributed by atoms with Gasteiger partial charge < -0.3 is 4.90 Å². The Bertz CT molecular complexity index is 592. The highest BCUT2D eigenvalue weighted by Crippen LogP contribution is 2.26. The van der Waals surface area contributed by atoms with Crippen molar-refractivity contribution < 1.29 is 0 Å². The number of nitrogens with zero attached hydrogens (tertiary/aromatic N) is 5. The lowest BCUT2D eigenvalue weighted by atomic mass is 10.0. The molecule has 0 aliphatic carbocycles. The van der Waals surface area contributed by atoms with Gasteiger partial charge in [-0.3, -0.25) is 14.6 Å². The zero-order valence-corrected chi connectivity index (χ0v) is 13.7. The van der Waals surface area contributed by atoms with Crippen LogP contribution in [0.25, 0.3) is 0 Å². The van der Waals surface area contributed by atoms with Gasteiger partial charge in [0.2, 0.25) is 0 Å². The van der Waals surface area contributed by atoms with Gasteiger partial charge in [-0.15, -0.1) is 0 Å². The van der Waals surface area contributed by atoms with Gasteiger partial charge in [-0.1, -0.05) is 0 Å². The molecular weight excluding hydrogens is 274 g/mol. The molecule has 3 rings (SSSR count). The number of likely N-dealkylation sites (tertiary alicyclic amines) is 1. The van der Waals surface area contributed by atoms with Crippen LogP contribution in [0.5, 0.6) is 0 Å². The van der Waals surface area contributed by atoms with E-state index in [1.165, 1.54) is 17.5 Å². The number of aromatic nitrogens is 3. The van der Waals surface area contributed by atoms with E-state index >= 15 is 0 Å². The Morgan fingerprint density at radius 2 is 2.00 bits per heavy atom. The van der Waals surface area contributed by atoms with Crippen LogP contribution in [0.15, 0.2) is 36.9 Å². The molecule has 0 spiro atoms.